The number of nitrogens with zero attached hydrogens (tertiary/aromatic N) is 5. The Bertz CT molecular complexity index is 2730. The van der Waals surface area contributed by atoms with Gasteiger partial charge in [-0.1, -0.05) is 46.6 Å². The molecule has 6 heterocycles. The van der Waals surface area contributed by atoms with Crippen molar-refractivity contribution in [2.75, 3.05) is 27.3 Å². The number of methoxy groups -OCH3 is 2. The van der Waals surface area contributed by atoms with Gasteiger partial charge in [-0.25, -0.2) is 23.9 Å². The van der Waals surface area contributed by atoms with Crippen molar-refractivity contribution in [2.24, 2.45) is 23.2 Å². The molecule has 17 heteroatoms. The summed E-state index contributed by atoms with van der Waals surface area (Å²) in [6.45, 7) is 8.63. The number of fused-ring (bicyclic) bond motifs is 5. The van der Waals surface area contributed by atoms with E-state index in [4.69, 9.17) is 24.2 Å². The van der Waals surface area contributed by atoms with E-state index in [1.807, 2.05) is 33.8 Å². The molecular formula is C50H60FN9O7. The fourth-order valence-electron chi connectivity index (χ4n) is 11.5. The molecule has 354 valence electrons. The number of aromatic amines is 2. The van der Waals surface area contributed by atoms with Gasteiger partial charge in [-0.3, -0.25) is 9.59 Å². The SMILES string of the molecule is COC(=O)N[C@H](C(=O)N1CCC[C@H]1c1ncc(-c2cc(F)c3c(c2)OC(C2CC24CCCC4)n2c-3cc3cc(-c4cnc([C@@H]5CCCN5C(=O)[C@@H](NC(=O)OC)C(C)C)[nH]4)ccc32)[nH]1)C(C)C. The third-order valence-corrected chi connectivity index (χ3v) is 15.1. The van der Waals surface area contributed by atoms with Gasteiger partial charge in [-0.15, -0.1) is 0 Å². The smallest absolute Gasteiger partial charge is 0.407 e. The van der Waals surface area contributed by atoms with Crippen molar-refractivity contribution in [1.82, 2.24) is 44.9 Å². The third kappa shape index (κ3) is 7.86. The van der Waals surface area contributed by atoms with Crippen LogP contribution in [0.1, 0.15) is 115 Å². The predicted octanol–water partition coefficient (Wildman–Crippen LogP) is 8.79. The number of hydrogen-bond acceptors (Lipinski definition) is 9. The Morgan fingerprint density at radius 3 is 1.90 bits per heavy atom. The lowest BCUT2D eigenvalue weighted by Crippen LogP contribution is -2.51. The number of rotatable bonds is 11. The molecule has 10 rings (SSSR count). The highest BCUT2D eigenvalue weighted by Gasteiger charge is 2.60. The molecule has 3 aromatic heterocycles. The van der Waals surface area contributed by atoms with Crippen LogP contribution in [0.25, 0.3) is 44.7 Å². The molecule has 16 nitrogen and oxygen atoms in total. The fraction of sp³-hybridized carbons (Fsp3) is 0.520. The molecule has 2 saturated heterocycles. The summed E-state index contributed by atoms with van der Waals surface area (Å²) >= 11 is 0. The number of amides is 4. The van der Waals surface area contributed by atoms with Crippen molar-refractivity contribution < 1.29 is 37.8 Å². The van der Waals surface area contributed by atoms with Gasteiger partial charge in [0.25, 0.3) is 0 Å². The summed E-state index contributed by atoms with van der Waals surface area (Å²) in [5, 5.41) is 6.35. The average molecular weight is 918 g/mol. The number of carbonyl (C=O) groups excluding carboxylic acids is 4. The van der Waals surface area contributed by atoms with Gasteiger partial charge >= 0.3 is 12.2 Å². The van der Waals surface area contributed by atoms with Crippen molar-refractivity contribution >= 4 is 34.9 Å². The zero-order valence-corrected chi connectivity index (χ0v) is 39.0. The van der Waals surface area contributed by atoms with E-state index in [1.54, 1.807) is 22.2 Å². The minimum absolute atomic E-state index is 0.141. The second kappa shape index (κ2) is 17.4. The van der Waals surface area contributed by atoms with E-state index < -0.39 is 30.1 Å². The summed E-state index contributed by atoms with van der Waals surface area (Å²) < 4.78 is 35.7. The number of benzene rings is 2. The quantitative estimate of drug-likeness (QED) is 0.100. The van der Waals surface area contributed by atoms with E-state index in [9.17, 15) is 19.2 Å². The minimum Gasteiger partial charge on any atom is -0.469 e. The molecule has 2 saturated carbocycles. The molecule has 4 amide bonds. The Labute approximate surface area is 388 Å². The molecule has 0 radical (unpaired) electrons. The number of H-pyrrole nitrogens is 2. The second-order valence-electron chi connectivity index (χ2n) is 19.9. The maximum absolute atomic E-state index is 16.9. The Morgan fingerprint density at radius 2 is 1.34 bits per heavy atom. The van der Waals surface area contributed by atoms with Crippen LogP contribution in [0.2, 0.25) is 0 Å². The van der Waals surface area contributed by atoms with E-state index >= 15 is 4.39 Å². The summed E-state index contributed by atoms with van der Waals surface area (Å²) in [6, 6.07) is 9.63. The largest absolute Gasteiger partial charge is 0.469 e. The summed E-state index contributed by atoms with van der Waals surface area (Å²) in [5.74, 6) is 0.948. The molecule has 1 spiro atoms. The van der Waals surface area contributed by atoms with Crippen LogP contribution < -0.4 is 15.4 Å². The first-order valence-corrected chi connectivity index (χ1v) is 23.8. The van der Waals surface area contributed by atoms with Gasteiger partial charge in [0.1, 0.15) is 35.3 Å². The molecule has 5 aromatic rings. The number of aromatic nitrogens is 5. The highest BCUT2D eigenvalue weighted by atomic mass is 19.1. The van der Waals surface area contributed by atoms with Gasteiger partial charge in [0.05, 0.1) is 66.9 Å². The number of halogens is 1. The highest BCUT2D eigenvalue weighted by Crippen LogP contribution is 2.68. The van der Waals surface area contributed by atoms with Crippen molar-refractivity contribution in [3.8, 4) is 39.5 Å². The zero-order chi connectivity index (χ0) is 46.9. The lowest BCUT2D eigenvalue weighted by Gasteiger charge is -2.32. The third-order valence-electron chi connectivity index (χ3n) is 15.1. The number of carbonyl (C=O) groups is 4. The van der Waals surface area contributed by atoms with Crippen LogP contribution in [0, 0.1) is 29.0 Å². The first-order chi connectivity index (χ1) is 32.3. The van der Waals surface area contributed by atoms with Crippen molar-refractivity contribution in [3.63, 3.8) is 0 Å². The van der Waals surface area contributed by atoms with Gasteiger partial charge < -0.3 is 49.2 Å². The number of alkyl carbamates (subject to hydrolysis) is 2. The Hall–Kier alpha value is -6.39. The number of nitrogens with one attached hydrogen (secondary N) is 4. The van der Waals surface area contributed by atoms with Crippen molar-refractivity contribution in [3.05, 3.63) is 66.3 Å². The van der Waals surface area contributed by atoms with Gasteiger partial charge in [-0.2, -0.15) is 0 Å². The molecule has 3 aliphatic heterocycles. The van der Waals surface area contributed by atoms with E-state index in [0.717, 1.165) is 66.4 Å². The van der Waals surface area contributed by atoms with Crippen molar-refractivity contribution in [1.29, 1.82) is 0 Å². The monoisotopic (exact) mass is 917 g/mol. The van der Waals surface area contributed by atoms with E-state index in [2.05, 4.69) is 49.4 Å². The zero-order valence-electron chi connectivity index (χ0n) is 39.0. The second-order valence-corrected chi connectivity index (χ2v) is 19.9. The summed E-state index contributed by atoms with van der Waals surface area (Å²) in [4.78, 5) is 71.8. The van der Waals surface area contributed by atoms with Crippen LogP contribution in [0.3, 0.4) is 0 Å². The van der Waals surface area contributed by atoms with Gasteiger partial charge in [-0.05, 0) is 92.5 Å². The molecule has 4 fully saturated rings. The Balaban J connectivity index is 0.950. The Morgan fingerprint density at radius 1 is 0.776 bits per heavy atom. The first kappa shape index (κ1) is 44.4. The fourth-order valence-corrected chi connectivity index (χ4v) is 11.5. The van der Waals surface area contributed by atoms with Crippen molar-refractivity contribution in [2.45, 2.75) is 116 Å². The molecule has 2 aliphatic carbocycles. The summed E-state index contributed by atoms with van der Waals surface area (Å²) in [6.07, 6.45) is 10.7. The number of imidazole rings is 2. The summed E-state index contributed by atoms with van der Waals surface area (Å²) in [5.41, 5.74) is 5.25. The maximum atomic E-state index is 16.9. The van der Waals surface area contributed by atoms with E-state index in [1.165, 1.54) is 33.1 Å². The van der Waals surface area contributed by atoms with Crippen LogP contribution in [0.15, 0.2) is 48.8 Å². The number of ether oxygens (including phenoxy) is 3. The van der Waals surface area contributed by atoms with Crippen LogP contribution in [0.4, 0.5) is 14.0 Å². The standard InChI is InChI=1S/C50H60FN9O7/c1-26(2)41(56-48(63)65-5)45(61)58-17-9-11-36(58)43-52-24-33(54-43)28-13-14-35-30(19-28)21-38-40-32(51)20-29(22-39(40)67-47(60(35)38)31-23-50(31)15-7-8-16-50)34-25-53-44(55-34)37-12-10-18-59(37)46(62)42(27(3)4)57-49(64)66-6/h13-14,19-22,24-27,31,36-37,41-42,47H,7-12,15-18,23H2,1-6H3,(H,52,54)(H,53,55)(H,56,63)(H,57,64)/t31?,36-,37-,41-,42-,47?/m0/s1. The normalized spacial score (nSPS) is 22.5. The lowest BCUT2D eigenvalue weighted by molar-refractivity contribution is -0.136. The van der Waals surface area contributed by atoms with E-state index in [0.29, 0.717) is 53.7 Å². The average Bonchev–Trinajstić information content (AvgIpc) is 4.11. The van der Waals surface area contributed by atoms with Crippen LogP contribution in [0.5, 0.6) is 5.75 Å². The topological polar surface area (TPSA) is 189 Å². The molecule has 4 N–H and O–H groups in total. The van der Waals surface area contributed by atoms with Crippen LogP contribution in [-0.2, 0) is 19.1 Å². The molecular weight excluding hydrogens is 858 g/mol. The van der Waals surface area contributed by atoms with Crippen LogP contribution in [-0.4, -0.2) is 97.7 Å². The van der Waals surface area contributed by atoms with Gasteiger partial charge in [0.2, 0.25) is 11.8 Å². The maximum Gasteiger partial charge on any atom is 0.407 e. The first-order valence-electron chi connectivity index (χ1n) is 23.8. The molecule has 6 atom stereocenters. The van der Waals surface area contributed by atoms with Crippen LogP contribution >= 0.6 is 0 Å². The lowest BCUT2D eigenvalue weighted by atomic mass is 9.99. The number of likely N-dealkylation sites (tertiary alicyclic amines) is 2. The van der Waals surface area contributed by atoms with Gasteiger partial charge in [0.15, 0.2) is 6.23 Å². The molecule has 2 aromatic carbocycles. The molecule has 67 heavy (non-hydrogen) atoms. The highest BCUT2D eigenvalue weighted by molar-refractivity contribution is 5.93. The van der Waals surface area contributed by atoms with E-state index in [-0.39, 0.29) is 53.3 Å². The number of hydrogen-bond donors (Lipinski definition) is 4. The molecule has 5 aliphatic rings. The molecule has 2 unspecified atom stereocenters. The summed E-state index contributed by atoms with van der Waals surface area (Å²) in [7, 11) is 2.56. The minimum atomic E-state index is -0.757. The predicted molar refractivity (Wildman–Crippen MR) is 247 cm³/mol. The molecule has 0 bridgehead atoms. The Kier molecular flexibility index (Phi) is 11.5. The van der Waals surface area contributed by atoms with Gasteiger partial charge in [0, 0.05) is 35.5 Å².